The van der Waals surface area contributed by atoms with Gasteiger partial charge in [0, 0.05) is 12.2 Å². The predicted molar refractivity (Wildman–Crippen MR) is 138 cm³/mol. The normalized spacial score (nSPS) is 17.1. The van der Waals surface area contributed by atoms with Crippen molar-refractivity contribution >= 4 is 23.6 Å². The minimum atomic E-state index is -0.810. The van der Waals surface area contributed by atoms with Gasteiger partial charge in [-0.25, -0.2) is 4.79 Å². The summed E-state index contributed by atoms with van der Waals surface area (Å²) in [7, 11) is 0. The fraction of sp³-hybridized carbons (Fsp3) is 0.276. The van der Waals surface area contributed by atoms with Crippen molar-refractivity contribution in [3.05, 3.63) is 102 Å². The number of rotatable bonds is 9. The van der Waals surface area contributed by atoms with Gasteiger partial charge in [0.05, 0.1) is 13.0 Å². The molecule has 2 atom stereocenters. The van der Waals surface area contributed by atoms with Crippen LogP contribution in [0.2, 0.25) is 0 Å². The zero-order chi connectivity index (χ0) is 25.5. The van der Waals surface area contributed by atoms with Gasteiger partial charge in [-0.2, -0.15) is 0 Å². The van der Waals surface area contributed by atoms with Gasteiger partial charge >= 0.3 is 6.09 Å². The summed E-state index contributed by atoms with van der Waals surface area (Å²) < 4.78 is 5.71. The average molecular weight is 486 g/mol. The third-order valence-electron chi connectivity index (χ3n) is 5.96. The largest absolute Gasteiger partial charge is 0.438 e. The van der Waals surface area contributed by atoms with E-state index in [0.717, 1.165) is 11.1 Å². The molecule has 1 fully saturated rings. The molecule has 2 N–H and O–H groups in total. The van der Waals surface area contributed by atoms with E-state index in [-0.39, 0.29) is 30.7 Å². The Bertz CT molecular complexity index is 1180. The summed E-state index contributed by atoms with van der Waals surface area (Å²) in [5.74, 6) is -0.108. The Balaban J connectivity index is 1.50. The highest BCUT2D eigenvalue weighted by atomic mass is 16.6. The number of carbonyl (C=O) groups is 3. The first-order valence-corrected chi connectivity index (χ1v) is 12.1. The predicted octanol–water partition coefficient (Wildman–Crippen LogP) is 4.70. The second-order valence-electron chi connectivity index (χ2n) is 9.33. The standard InChI is InChI=1S/C29H31N3O4/c1-20(2)18-30-28(34)26-27(36-29(35)32(26)19-22-11-7-4-8-12-22)23-13-15-24(16-14-23)31-25(33)17-21-9-5-3-6-10-21/h3-16,20,26-27H,17-19H2,1-2H3,(H,30,34)(H,31,33). The summed E-state index contributed by atoms with van der Waals surface area (Å²) in [6, 6.07) is 25.3. The van der Waals surface area contributed by atoms with E-state index in [4.69, 9.17) is 4.74 Å². The second-order valence-corrected chi connectivity index (χ2v) is 9.33. The first kappa shape index (κ1) is 25.0. The molecule has 1 aliphatic rings. The van der Waals surface area contributed by atoms with Gasteiger partial charge < -0.3 is 15.4 Å². The van der Waals surface area contributed by atoms with Crippen molar-refractivity contribution in [2.24, 2.45) is 5.92 Å². The molecule has 0 radical (unpaired) electrons. The first-order valence-electron chi connectivity index (χ1n) is 12.1. The van der Waals surface area contributed by atoms with E-state index < -0.39 is 18.2 Å². The maximum Gasteiger partial charge on any atom is 0.411 e. The van der Waals surface area contributed by atoms with E-state index in [1.54, 1.807) is 24.3 Å². The molecular weight excluding hydrogens is 454 g/mol. The quantitative estimate of drug-likeness (QED) is 0.460. The maximum absolute atomic E-state index is 13.2. The second kappa shape index (κ2) is 11.5. The molecule has 2 unspecified atom stereocenters. The van der Waals surface area contributed by atoms with Gasteiger partial charge in [0.1, 0.15) is 0 Å². The molecule has 3 amide bonds. The SMILES string of the molecule is CC(C)CNC(=O)C1C(c2ccc(NC(=O)Cc3ccccc3)cc2)OC(=O)N1Cc1ccccc1. The van der Waals surface area contributed by atoms with Crippen LogP contribution in [0.5, 0.6) is 0 Å². The minimum absolute atomic E-state index is 0.124. The van der Waals surface area contributed by atoms with Crippen molar-refractivity contribution in [3.63, 3.8) is 0 Å². The molecule has 1 saturated heterocycles. The average Bonchev–Trinajstić information content (AvgIpc) is 3.20. The smallest absolute Gasteiger partial charge is 0.411 e. The molecule has 1 heterocycles. The topological polar surface area (TPSA) is 87.7 Å². The summed E-state index contributed by atoms with van der Waals surface area (Å²) in [5, 5.41) is 5.84. The summed E-state index contributed by atoms with van der Waals surface area (Å²) >= 11 is 0. The lowest BCUT2D eigenvalue weighted by atomic mass is 10.00. The van der Waals surface area contributed by atoms with Crippen molar-refractivity contribution in [1.82, 2.24) is 10.2 Å². The number of nitrogens with one attached hydrogen (secondary N) is 2. The number of benzene rings is 3. The van der Waals surface area contributed by atoms with Gasteiger partial charge in [-0.1, -0.05) is 86.6 Å². The van der Waals surface area contributed by atoms with Crippen LogP contribution in [0.3, 0.4) is 0 Å². The molecule has 4 rings (SSSR count). The Hall–Kier alpha value is -4.13. The minimum Gasteiger partial charge on any atom is -0.438 e. The number of hydrogen-bond acceptors (Lipinski definition) is 4. The molecule has 0 spiro atoms. The fourth-order valence-electron chi connectivity index (χ4n) is 4.14. The van der Waals surface area contributed by atoms with Gasteiger partial charge in [0.2, 0.25) is 11.8 Å². The number of ether oxygens (including phenoxy) is 1. The highest BCUT2D eigenvalue weighted by Crippen LogP contribution is 2.34. The third-order valence-corrected chi connectivity index (χ3v) is 5.96. The van der Waals surface area contributed by atoms with Crippen LogP contribution < -0.4 is 10.6 Å². The molecular formula is C29H31N3O4. The van der Waals surface area contributed by atoms with Crippen LogP contribution in [-0.4, -0.2) is 35.4 Å². The van der Waals surface area contributed by atoms with Crippen LogP contribution in [0.4, 0.5) is 10.5 Å². The summed E-state index contributed by atoms with van der Waals surface area (Å²) in [6.07, 6.45) is -1.02. The highest BCUT2D eigenvalue weighted by Gasteiger charge is 2.46. The lowest BCUT2D eigenvalue weighted by molar-refractivity contribution is -0.126. The highest BCUT2D eigenvalue weighted by molar-refractivity contribution is 5.92. The van der Waals surface area contributed by atoms with Crippen molar-refractivity contribution in [2.45, 2.75) is 39.0 Å². The fourth-order valence-corrected chi connectivity index (χ4v) is 4.14. The molecule has 1 aliphatic heterocycles. The maximum atomic E-state index is 13.2. The van der Waals surface area contributed by atoms with Crippen molar-refractivity contribution in [2.75, 3.05) is 11.9 Å². The lowest BCUT2D eigenvalue weighted by Crippen LogP contribution is -2.47. The molecule has 186 valence electrons. The molecule has 0 aromatic heterocycles. The van der Waals surface area contributed by atoms with Gasteiger partial charge in [0.25, 0.3) is 0 Å². The molecule has 3 aromatic carbocycles. The number of cyclic esters (lactones) is 1. The Kier molecular flexibility index (Phi) is 8.00. The third kappa shape index (κ3) is 6.30. The zero-order valence-corrected chi connectivity index (χ0v) is 20.5. The van der Waals surface area contributed by atoms with Crippen LogP contribution in [0.1, 0.15) is 36.6 Å². The Morgan fingerprint density at radius 3 is 2.11 bits per heavy atom. The van der Waals surface area contributed by atoms with Gasteiger partial charge in [0.15, 0.2) is 12.1 Å². The van der Waals surface area contributed by atoms with E-state index in [2.05, 4.69) is 10.6 Å². The Labute approximate surface area is 211 Å². The van der Waals surface area contributed by atoms with Crippen LogP contribution in [-0.2, 0) is 27.3 Å². The number of carbonyl (C=O) groups excluding carboxylic acids is 3. The van der Waals surface area contributed by atoms with Crippen LogP contribution in [0.15, 0.2) is 84.9 Å². The van der Waals surface area contributed by atoms with Crippen LogP contribution >= 0.6 is 0 Å². The number of nitrogens with zero attached hydrogens (tertiary/aromatic N) is 1. The van der Waals surface area contributed by atoms with E-state index >= 15 is 0 Å². The first-order chi connectivity index (χ1) is 17.4. The van der Waals surface area contributed by atoms with Gasteiger partial charge in [-0.3, -0.25) is 14.5 Å². The Morgan fingerprint density at radius 2 is 1.50 bits per heavy atom. The summed E-state index contributed by atoms with van der Waals surface area (Å²) in [6.45, 7) is 4.80. The lowest BCUT2D eigenvalue weighted by Gasteiger charge is -2.24. The van der Waals surface area contributed by atoms with Crippen LogP contribution in [0.25, 0.3) is 0 Å². The van der Waals surface area contributed by atoms with Crippen molar-refractivity contribution in [1.29, 1.82) is 0 Å². The van der Waals surface area contributed by atoms with E-state index in [0.29, 0.717) is 17.8 Å². The van der Waals surface area contributed by atoms with Crippen molar-refractivity contribution < 1.29 is 19.1 Å². The Morgan fingerprint density at radius 1 is 0.889 bits per heavy atom. The van der Waals surface area contributed by atoms with Crippen LogP contribution in [0, 0.1) is 5.92 Å². The van der Waals surface area contributed by atoms with E-state index in [1.807, 2.05) is 74.5 Å². The van der Waals surface area contributed by atoms with Gasteiger partial charge in [-0.15, -0.1) is 0 Å². The molecule has 7 nitrogen and oxygen atoms in total. The number of hydrogen-bond donors (Lipinski definition) is 2. The zero-order valence-electron chi connectivity index (χ0n) is 20.5. The molecule has 3 aromatic rings. The molecule has 0 bridgehead atoms. The summed E-state index contributed by atoms with van der Waals surface area (Å²) in [4.78, 5) is 40.0. The summed E-state index contributed by atoms with van der Waals surface area (Å²) in [5.41, 5.74) is 3.15. The molecule has 7 heteroatoms. The van der Waals surface area contributed by atoms with Gasteiger partial charge in [-0.05, 0) is 34.7 Å². The van der Waals surface area contributed by atoms with E-state index in [1.165, 1.54) is 4.90 Å². The molecule has 0 aliphatic carbocycles. The monoisotopic (exact) mass is 485 g/mol. The molecule has 0 saturated carbocycles. The van der Waals surface area contributed by atoms with Crippen molar-refractivity contribution in [3.8, 4) is 0 Å². The number of anilines is 1. The number of amides is 3. The molecule has 36 heavy (non-hydrogen) atoms. The van der Waals surface area contributed by atoms with E-state index in [9.17, 15) is 14.4 Å².